The van der Waals surface area contributed by atoms with Crippen molar-refractivity contribution in [1.82, 2.24) is 24.8 Å². The molecule has 4 N–H and O–H groups in total. The second-order valence-corrected chi connectivity index (χ2v) is 6.74. The number of rotatable bonds is 5. The van der Waals surface area contributed by atoms with Crippen molar-refractivity contribution in [1.29, 1.82) is 0 Å². The highest BCUT2D eigenvalue weighted by Crippen LogP contribution is 2.34. The van der Waals surface area contributed by atoms with Gasteiger partial charge in [-0.15, -0.1) is 0 Å². The van der Waals surface area contributed by atoms with Crippen LogP contribution in [0.1, 0.15) is 26.0 Å². The minimum atomic E-state index is -1.37. The maximum absolute atomic E-state index is 12.0. The van der Waals surface area contributed by atoms with Crippen LogP contribution in [-0.4, -0.2) is 66.5 Å². The van der Waals surface area contributed by atoms with E-state index in [1.165, 1.54) is 10.9 Å². The number of imidazole rings is 1. The molecule has 1 aliphatic carbocycles. The van der Waals surface area contributed by atoms with E-state index in [2.05, 4.69) is 25.6 Å². The van der Waals surface area contributed by atoms with Crippen molar-refractivity contribution < 1.29 is 19.7 Å². The van der Waals surface area contributed by atoms with Crippen LogP contribution in [0, 0.1) is 0 Å². The Hall–Kier alpha value is -2.01. The first kappa shape index (κ1) is 17.4. The number of likely N-dealkylation sites (N-methyl/N-ethyl adjacent to an activating group) is 1. The van der Waals surface area contributed by atoms with Crippen LogP contribution < -0.4 is 10.6 Å². The van der Waals surface area contributed by atoms with Gasteiger partial charge >= 0.3 is 0 Å². The van der Waals surface area contributed by atoms with E-state index in [9.17, 15) is 15.0 Å². The Morgan fingerprint density at radius 1 is 1.38 bits per heavy atom. The number of amides is 1. The second-order valence-electron chi connectivity index (χ2n) is 6.41. The third-order valence-electron chi connectivity index (χ3n) is 4.43. The minimum absolute atomic E-state index is 0.0238. The summed E-state index contributed by atoms with van der Waals surface area (Å²) in [6.07, 6.45) is -1.38. The van der Waals surface area contributed by atoms with Gasteiger partial charge in [0.05, 0.1) is 6.33 Å². The zero-order valence-electron chi connectivity index (χ0n) is 14.0. The number of hydrogen-bond donors (Lipinski definition) is 4. The van der Waals surface area contributed by atoms with Gasteiger partial charge in [0.25, 0.3) is 5.91 Å². The van der Waals surface area contributed by atoms with E-state index in [-0.39, 0.29) is 5.28 Å². The molecule has 26 heavy (non-hydrogen) atoms. The smallest absolute Gasteiger partial charge is 0.252 e. The number of anilines is 1. The summed E-state index contributed by atoms with van der Waals surface area (Å²) < 4.78 is 7.07. The van der Waals surface area contributed by atoms with E-state index < -0.39 is 30.4 Å². The first-order valence-electron chi connectivity index (χ1n) is 8.45. The Kier molecular flexibility index (Phi) is 4.43. The fraction of sp³-hybridized carbons (Fsp3) is 0.600. The number of aromatic nitrogens is 4. The van der Waals surface area contributed by atoms with Gasteiger partial charge in [-0.05, 0) is 31.4 Å². The number of carbonyl (C=O) groups is 1. The molecule has 0 aromatic carbocycles. The fourth-order valence-electron chi connectivity index (χ4n) is 2.98. The molecule has 1 saturated carbocycles. The number of nitrogens with zero attached hydrogens (tertiary/aromatic N) is 4. The first-order valence-corrected chi connectivity index (χ1v) is 8.83. The highest BCUT2D eigenvalue weighted by atomic mass is 35.5. The molecule has 2 aromatic rings. The molecule has 11 heteroatoms. The van der Waals surface area contributed by atoms with Gasteiger partial charge in [0.15, 0.2) is 29.3 Å². The van der Waals surface area contributed by atoms with Crippen LogP contribution in [0.2, 0.25) is 5.28 Å². The quantitative estimate of drug-likeness (QED) is 0.523. The van der Waals surface area contributed by atoms with Gasteiger partial charge in [0, 0.05) is 12.6 Å². The van der Waals surface area contributed by atoms with Gasteiger partial charge in [-0.25, -0.2) is 4.98 Å². The molecule has 0 unspecified atom stereocenters. The molecule has 10 nitrogen and oxygen atoms in total. The van der Waals surface area contributed by atoms with Gasteiger partial charge < -0.3 is 25.6 Å². The number of hydrogen-bond acceptors (Lipinski definition) is 8. The van der Waals surface area contributed by atoms with E-state index in [1.54, 1.807) is 6.92 Å². The van der Waals surface area contributed by atoms with Crippen molar-refractivity contribution in [2.24, 2.45) is 0 Å². The van der Waals surface area contributed by atoms with Gasteiger partial charge in [-0.1, -0.05) is 0 Å². The maximum atomic E-state index is 12.0. The molecule has 4 rings (SSSR count). The first-order chi connectivity index (χ1) is 12.5. The third kappa shape index (κ3) is 2.98. The number of halogens is 1. The largest absolute Gasteiger partial charge is 0.387 e. The molecular weight excluding hydrogens is 364 g/mol. The predicted molar refractivity (Wildman–Crippen MR) is 91.6 cm³/mol. The minimum Gasteiger partial charge on any atom is -0.387 e. The number of aliphatic hydroxyl groups is 2. The molecule has 0 bridgehead atoms. The Balaban J connectivity index is 1.68. The second kappa shape index (κ2) is 6.62. The molecule has 140 valence electrons. The van der Waals surface area contributed by atoms with Gasteiger partial charge in [-0.2, -0.15) is 9.97 Å². The monoisotopic (exact) mass is 382 g/mol. The molecule has 0 spiro atoms. The van der Waals surface area contributed by atoms with E-state index >= 15 is 0 Å². The number of nitrogens with one attached hydrogen (secondary N) is 2. The average molecular weight is 383 g/mol. The normalized spacial score (nSPS) is 28.5. The molecule has 3 heterocycles. The summed E-state index contributed by atoms with van der Waals surface area (Å²) >= 11 is 6.03. The van der Waals surface area contributed by atoms with E-state index in [0.717, 1.165) is 12.8 Å². The van der Waals surface area contributed by atoms with Crippen LogP contribution in [0.5, 0.6) is 0 Å². The van der Waals surface area contributed by atoms with Crippen molar-refractivity contribution in [3.8, 4) is 0 Å². The Morgan fingerprint density at radius 2 is 2.15 bits per heavy atom. The summed E-state index contributed by atoms with van der Waals surface area (Å²) in [4.78, 5) is 24.7. The van der Waals surface area contributed by atoms with Crippen LogP contribution in [-0.2, 0) is 9.53 Å². The summed E-state index contributed by atoms with van der Waals surface area (Å²) in [7, 11) is 0. The Labute approximate surface area is 153 Å². The summed E-state index contributed by atoms with van der Waals surface area (Å²) in [6, 6.07) is 0.339. The van der Waals surface area contributed by atoms with Crippen LogP contribution in [0.15, 0.2) is 6.33 Å². The molecular formula is C15H19ClN6O4. The Bertz CT molecular complexity index is 841. The number of fused-ring (bicyclic) bond motifs is 1. The van der Waals surface area contributed by atoms with E-state index in [4.69, 9.17) is 16.3 Å². The molecule has 2 aromatic heterocycles. The van der Waals surface area contributed by atoms with Crippen LogP contribution in [0.25, 0.3) is 11.2 Å². The molecule has 4 atom stereocenters. The third-order valence-corrected chi connectivity index (χ3v) is 4.60. The highest BCUT2D eigenvalue weighted by molar-refractivity contribution is 6.28. The van der Waals surface area contributed by atoms with Gasteiger partial charge in [-0.3, -0.25) is 9.36 Å². The van der Waals surface area contributed by atoms with Crippen molar-refractivity contribution in [2.75, 3.05) is 11.9 Å². The summed E-state index contributed by atoms with van der Waals surface area (Å²) in [5.74, 6) is 0.0179. The summed E-state index contributed by atoms with van der Waals surface area (Å²) in [5.41, 5.74) is 0.828. The van der Waals surface area contributed by atoms with Crippen LogP contribution >= 0.6 is 11.6 Å². The van der Waals surface area contributed by atoms with Crippen LogP contribution in [0.3, 0.4) is 0 Å². The molecule has 1 aliphatic heterocycles. The molecule has 1 amide bonds. The lowest BCUT2D eigenvalue weighted by molar-refractivity contribution is -0.137. The topological polar surface area (TPSA) is 134 Å². The Morgan fingerprint density at radius 3 is 2.85 bits per heavy atom. The summed E-state index contributed by atoms with van der Waals surface area (Å²) in [5, 5.41) is 26.4. The lowest BCUT2D eigenvalue weighted by Crippen LogP contribution is -2.42. The fourth-order valence-corrected chi connectivity index (χ4v) is 3.14. The molecule has 0 radical (unpaired) electrons. The number of ether oxygens (including phenoxy) is 1. The standard InChI is InChI=1S/C15H19ClN6O4/c1-2-17-13(25)10-8(23)9(24)14(26-10)22-5-18-7-11(19-6-3-4-6)20-15(16)21-12(7)22/h5-6,8-10,14,23-24H,2-4H2,1H3,(H,17,25)(H,19,20,21)/t8-,9+,10-,14+/m0/s1. The van der Waals surface area contributed by atoms with Crippen molar-refractivity contribution >= 4 is 34.5 Å². The zero-order chi connectivity index (χ0) is 18.4. The molecule has 1 saturated heterocycles. The van der Waals surface area contributed by atoms with Gasteiger partial charge in [0.1, 0.15) is 12.2 Å². The van der Waals surface area contributed by atoms with Gasteiger partial charge in [0.2, 0.25) is 5.28 Å². The highest BCUT2D eigenvalue weighted by Gasteiger charge is 2.47. The summed E-state index contributed by atoms with van der Waals surface area (Å²) in [6.45, 7) is 2.14. The van der Waals surface area contributed by atoms with Crippen molar-refractivity contribution in [3.63, 3.8) is 0 Å². The zero-order valence-corrected chi connectivity index (χ0v) is 14.7. The van der Waals surface area contributed by atoms with E-state index in [0.29, 0.717) is 29.6 Å². The number of aliphatic hydroxyl groups excluding tert-OH is 2. The SMILES string of the molecule is CCNC(=O)[C@H]1O[C@@H](n2cnc3c(NC4CC4)nc(Cl)nc32)[C@H](O)[C@@H]1O. The lowest BCUT2D eigenvalue weighted by atomic mass is 10.1. The van der Waals surface area contributed by atoms with E-state index in [1.807, 2.05) is 0 Å². The maximum Gasteiger partial charge on any atom is 0.252 e. The van der Waals surface area contributed by atoms with Crippen molar-refractivity contribution in [2.45, 2.75) is 50.3 Å². The molecule has 2 aliphatic rings. The lowest BCUT2D eigenvalue weighted by Gasteiger charge is -2.16. The average Bonchev–Trinajstić information content (AvgIpc) is 3.24. The van der Waals surface area contributed by atoms with Crippen LogP contribution in [0.4, 0.5) is 5.82 Å². The molecule has 2 fully saturated rings. The van der Waals surface area contributed by atoms with Crippen molar-refractivity contribution in [3.05, 3.63) is 11.6 Å². The predicted octanol–water partition coefficient (Wildman–Crippen LogP) is -0.191. The number of carbonyl (C=O) groups excluding carboxylic acids is 1.